The van der Waals surface area contributed by atoms with Crippen molar-refractivity contribution in [2.45, 2.75) is 18.1 Å². The molecule has 1 aliphatic rings. The summed E-state index contributed by atoms with van der Waals surface area (Å²) in [6.07, 6.45) is 4.16. The molecule has 0 aliphatic carbocycles. The number of hydrogen-bond acceptors (Lipinski definition) is 8. The number of methoxy groups -OCH3 is 2. The van der Waals surface area contributed by atoms with Crippen molar-refractivity contribution in [3.8, 4) is 28.4 Å². The second-order valence-corrected chi connectivity index (χ2v) is 12.1. The van der Waals surface area contributed by atoms with Crippen molar-refractivity contribution >= 4 is 40.6 Å². The number of nitrogens with zero attached hydrogens (tertiary/aromatic N) is 5. The maximum absolute atomic E-state index is 13.6. The lowest BCUT2D eigenvalue weighted by molar-refractivity contribution is -0.128. The first kappa shape index (κ1) is 32.3. The molecule has 1 fully saturated rings. The molecule has 0 radical (unpaired) electrons. The monoisotopic (exact) mass is 658 g/mol. The Morgan fingerprint density at radius 3 is 2.21 bits per heavy atom. The highest BCUT2D eigenvalue weighted by atomic mass is 32.2. The molecule has 11 heteroatoms. The van der Waals surface area contributed by atoms with Crippen molar-refractivity contribution in [2.75, 3.05) is 26.1 Å². The molecule has 1 N–H and O–H groups in total. The molecule has 0 bridgehead atoms. The summed E-state index contributed by atoms with van der Waals surface area (Å²) in [7, 11) is 3.21. The molecule has 1 atom stereocenters. The van der Waals surface area contributed by atoms with E-state index in [1.165, 1.54) is 11.8 Å². The zero-order chi connectivity index (χ0) is 33.3. The van der Waals surface area contributed by atoms with Crippen LogP contribution < -0.4 is 14.8 Å². The van der Waals surface area contributed by atoms with Gasteiger partial charge in [-0.05, 0) is 72.6 Å². The molecule has 0 spiro atoms. The van der Waals surface area contributed by atoms with Gasteiger partial charge < -0.3 is 14.8 Å². The predicted octanol–water partition coefficient (Wildman–Crippen LogP) is 6.46. The van der Waals surface area contributed by atoms with Crippen LogP contribution in [-0.4, -0.2) is 63.9 Å². The van der Waals surface area contributed by atoms with Crippen molar-refractivity contribution in [2.24, 2.45) is 10.2 Å². The van der Waals surface area contributed by atoms with E-state index < -0.39 is 5.25 Å². The van der Waals surface area contributed by atoms with E-state index in [1.807, 2.05) is 91.1 Å². The summed E-state index contributed by atoms with van der Waals surface area (Å²) >= 11 is 1.25. The Kier molecular flexibility index (Phi) is 10.3. The number of carbonyl (C=O) groups excluding carboxylic acids is 2. The maximum Gasteiger partial charge on any atom is 0.242 e. The number of anilines is 1. The molecule has 6 rings (SSSR count). The van der Waals surface area contributed by atoms with Crippen LogP contribution in [0.2, 0.25) is 0 Å². The number of aromatic nitrogens is 2. The molecule has 1 aromatic heterocycles. The molecule has 5 aromatic rings. The van der Waals surface area contributed by atoms with E-state index in [-0.39, 0.29) is 18.2 Å². The number of nitrogens with one attached hydrogen (secondary N) is 1. The van der Waals surface area contributed by atoms with Gasteiger partial charge in [0, 0.05) is 36.0 Å². The van der Waals surface area contributed by atoms with Crippen LogP contribution in [0.4, 0.5) is 5.69 Å². The van der Waals surface area contributed by atoms with E-state index in [1.54, 1.807) is 54.3 Å². The summed E-state index contributed by atoms with van der Waals surface area (Å²) in [4.78, 5) is 28.2. The number of carbonyl (C=O) groups is 2. The standard InChI is InChI=1S/C37H34N6O4S/c1-46-31-17-13-27(14-18-31)35-28(25-43(41-35)30-11-7-4-8-12-30)24-38-40-37-42(22-21-26-9-5-3-6-10-26)36(45)33(48-37)23-34(44)39-29-15-19-32(47-2)20-16-29/h3-20,24-25,33H,21-23H2,1-2H3,(H,39,44)/b38-24+,40-37-. The molecule has 242 valence electrons. The summed E-state index contributed by atoms with van der Waals surface area (Å²) in [6, 6.07) is 34.5. The molecule has 1 unspecified atom stereocenters. The third-order valence-electron chi connectivity index (χ3n) is 7.70. The predicted molar refractivity (Wildman–Crippen MR) is 190 cm³/mol. The van der Waals surface area contributed by atoms with E-state index in [2.05, 4.69) is 15.5 Å². The third-order valence-corrected chi connectivity index (χ3v) is 8.86. The van der Waals surface area contributed by atoms with Crippen molar-refractivity contribution in [3.63, 3.8) is 0 Å². The lowest BCUT2D eigenvalue weighted by Crippen LogP contribution is -2.35. The minimum atomic E-state index is -0.635. The second kappa shape index (κ2) is 15.3. The zero-order valence-electron chi connectivity index (χ0n) is 26.5. The molecule has 2 amide bonds. The number of para-hydroxylation sites is 1. The number of ether oxygens (including phenoxy) is 2. The first-order chi connectivity index (χ1) is 23.5. The number of amides is 2. The van der Waals surface area contributed by atoms with E-state index in [0.717, 1.165) is 33.8 Å². The van der Waals surface area contributed by atoms with Gasteiger partial charge in [-0.2, -0.15) is 10.2 Å². The third kappa shape index (κ3) is 7.81. The highest BCUT2D eigenvalue weighted by molar-refractivity contribution is 8.15. The summed E-state index contributed by atoms with van der Waals surface area (Å²) in [5.41, 5.74) is 4.97. The van der Waals surface area contributed by atoms with Crippen LogP contribution in [-0.2, 0) is 16.0 Å². The van der Waals surface area contributed by atoms with Crippen molar-refractivity contribution in [3.05, 3.63) is 127 Å². The van der Waals surface area contributed by atoms with Gasteiger partial charge in [0.05, 0.1) is 26.1 Å². The van der Waals surface area contributed by atoms with Gasteiger partial charge in [0.25, 0.3) is 0 Å². The van der Waals surface area contributed by atoms with Gasteiger partial charge in [0.2, 0.25) is 11.8 Å². The summed E-state index contributed by atoms with van der Waals surface area (Å²) in [5, 5.41) is 16.5. The fourth-order valence-corrected chi connectivity index (χ4v) is 6.29. The number of rotatable bonds is 12. The Morgan fingerprint density at radius 2 is 1.54 bits per heavy atom. The van der Waals surface area contributed by atoms with E-state index in [0.29, 0.717) is 29.6 Å². The molecular weight excluding hydrogens is 625 g/mol. The van der Waals surface area contributed by atoms with Gasteiger partial charge in [0.15, 0.2) is 5.17 Å². The van der Waals surface area contributed by atoms with Gasteiger partial charge in [-0.1, -0.05) is 60.3 Å². The fourth-order valence-electron chi connectivity index (χ4n) is 5.17. The fraction of sp³-hybridized carbons (Fsp3) is 0.162. The lowest BCUT2D eigenvalue weighted by atomic mass is 10.1. The van der Waals surface area contributed by atoms with Gasteiger partial charge >= 0.3 is 0 Å². The molecule has 0 saturated carbocycles. The van der Waals surface area contributed by atoms with Crippen LogP contribution in [0.3, 0.4) is 0 Å². The molecular formula is C37H34N6O4S. The normalized spacial score (nSPS) is 15.3. The Hall–Kier alpha value is -5.68. The van der Waals surface area contributed by atoms with Crippen LogP contribution in [0.1, 0.15) is 17.5 Å². The van der Waals surface area contributed by atoms with Crippen LogP contribution in [0.25, 0.3) is 16.9 Å². The second-order valence-electron chi connectivity index (χ2n) is 10.9. The van der Waals surface area contributed by atoms with Crippen LogP contribution in [0, 0.1) is 0 Å². The van der Waals surface area contributed by atoms with Crippen molar-refractivity contribution < 1.29 is 19.1 Å². The SMILES string of the molecule is COc1ccc(NC(=O)CC2S/C(=N\N=C\c3cn(-c4ccccc4)nc3-c3ccc(OC)cc3)N(CCc3ccccc3)C2=O)cc1. The number of hydrogen-bond donors (Lipinski definition) is 1. The van der Waals surface area contributed by atoms with Crippen molar-refractivity contribution in [1.82, 2.24) is 14.7 Å². The summed E-state index contributed by atoms with van der Waals surface area (Å²) in [6.45, 7) is 0.407. The van der Waals surface area contributed by atoms with E-state index in [9.17, 15) is 9.59 Å². The van der Waals surface area contributed by atoms with Crippen LogP contribution in [0.5, 0.6) is 11.5 Å². The largest absolute Gasteiger partial charge is 0.497 e. The lowest BCUT2D eigenvalue weighted by Gasteiger charge is -2.15. The van der Waals surface area contributed by atoms with Crippen molar-refractivity contribution in [1.29, 1.82) is 0 Å². The Balaban J connectivity index is 1.25. The zero-order valence-corrected chi connectivity index (χ0v) is 27.3. The molecule has 4 aromatic carbocycles. The topological polar surface area (TPSA) is 110 Å². The van der Waals surface area contributed by atoms with Gasteiger partial charge in [-0.25, -0.2) is 4.68 Å². The quantitative estimate of drug-likeness (QED) is 0.122. The van der Waals surface area contributed by atoms with Gasteiger partial charge in [0.1, 0.15) is 22.4 Å². The Labute approximate surface area is 283 Å². The van der Waals surface area contributed by atoms with Gasteiger partial charge in [-0.3, -0.25) is 14.5 Å². The first-order valence-electron chi connectivity index (χ1n) is 15.4. The molecule has 2 heterocycles. The minimum Gasteiger partial charge on any atom is -0.497 e. The smallest absolute Gasteiger partial charge is 0.242 e. The van der Waals surface area contributed by atoms with Gasteiger partial charge in [-0.15, -0.1) is 5.10 Å². The Morgan fingerprint density at radius 1 is 0.896 bits per heavy atom. The average molecular weight is 659 g/mol. The summed E-state index contributed by atoms with van der Waals surface area (Å²) in [5.74, 6) is 0.990. The molecule has 1 saturated heterocycles. The van der Waals surface area contributed by atoms with Crippen LogP contribution >= 0.6 is 11.8 Å². The molecule has 10 nitrogen and oxygen atoms in total. The number of amidine groups is 1. The Bertz CT molecular complexity index is 1910. The average Bonchev–Trinajstić information content (AvgIpc) is 3.68. The first-order valence-corrected chi connectivity index (χ1v) is 16.2. The highest BCUT2D eigenvalue weighted by Gasteiger charge is 2.39. The highest BCUT2D eigenvalue weighted by Crippen LogP contribution is 2.31. The summed E-state index contributed by atoms with van der Waals surface area (Å²) < 4.78 is 12.3. The van der Waals surface area contributed by atoms with E-state index >= 15 is 0 Å². The van der Waals surface area contributed by atoms with Crippen LogP contribution in [0.15, 0.2) is 126 Å². The molecule has 1 aliphatic heterocycles. The molecule has 48 heavy (non-hydrogen) atoms. The van der Waals surface area contributed by atoms with E-state index in [4.69, 9.17) is 14.6 Å². The number of benzene rings is 4. The number of thioether (sulfide) groups is 1. The minimum absolute atomic E-state index is 0.00837. The maximum atomic E-state index is 13.6.